The van der Waals surface area contributed by atoms with Gasteiger partial charge in [0.15, 0.2) is 5.69 Å². The highest BCUT2D eigenvalue weighted by Crippen LogP contribution is 2.35. The van der Waals surface area contributed by atoms with Crippen molar-refractivity contribution in [3.05, 3.63) is 41.7 Å². The fraction of sp³-hybridized carbons (Fsp3) is 0.375. The van der Waals surface area contributed by atoms with Crippen LogP contribution >= 0.6 is 0 Å². The van der Waals surface area contributed by atoms with Gasteiger partial charge in [-0.25, -0.2) is 4.57 Å². The number of aromatic nitrogens is 2. The van der Waals surface area contributed by atoms with Crippen LogP contribution in [0.4, 0.5) is 5.82 Å². The van der Waals surface area contributed by atoms with Crippen LogP contribution in [0.25, 0.3) is 11.3 Å². The van der Waals surface area contributed by atoms with Gasteiger partial charge < -0.3 is 5.32 Å². The maximum absolute atomic E-state index is 4.75. The molecule has 19 heavy (non-hydrogen) atoms. The Kier molecular flexibility index (Phi) is 2.34. The summed E-state index contributed by atoms with van der Waals surface area (Å²) in [6.45, 7) is 3.28. The Hall–Kier alpha value is -1.90. The second kappa shape index (κ2) is 4.05. The van der Waals surface area contributed by atoms with Crippen molar-refractivity contribution in [1.29, 1.82) is 0 Å². The van der Waals surface area contributed by atoms with E-state index in [0.717, 1.165) is 25.8 Å². The van der Waals surface area contributed by atoms with E-state index in [4.69, 9.17) is 4.98 Å². The summed E-state index contributed by atoms with van der Waals surface area (Å²) in [6, 6.07) is 9.21. The van der Waals surface area contributed by atoms with Crippen molar-refractivity contribution in [2.75, 3.05) is 11.9 Å². The van der Waals surface area contributed by atoms with E-state index in [2.05, 4.69) is 41.1 Å². The average molecular weight is 252 g/mol. The van der Waals surface area contributed by atoms with E-state index in [1.54, 1.807) is 0 Å². The Morgan fingerprint density at radius 3 is 3.11 bits per heavy atom. The first-order chi connectivity index (χ1) is 9.38. The van der Waals surface area contributed by atoms with Crippen LogP contribution in [0.1, 0.15) is 30.5 Å². The van der Waals surface area contributed by atoms with Crippen LogP contribution in [-0.4, -0.2) is 11.5 Å². The molecule has 0 radical (unpaired) electrons. The van der Waals surface area contributed by atoms with E-state index in [-0.39, 0.29) is 0 Å². The summed E-state index contributed by atoms with van der Waals surface area (Å²) < 4.78 is 2.33. The maximum Gasteiger partial charge on any atom is 0.228 e. The summed E-state index contributed by atoms with van der Waals surface area (Å²) in [6.07, 6.45) is 5.39. The molecule has 0 fully saturated rings. The second-order valence-electron chi connectivity index (χ2n) is 5.43. The van der Waals surface area contributed by atoms with Crippen molar-refractivity contribution in [1.82, 2.24) is 4.98 Å². The lowest BCUT2D eigenvalue weighted by Gasteiger charge is -2.17. The number of aryl methyl sites for hydroxylation is 1. The standard InChI is InChI=1S/C16H17N3/c1-2-12-9-17-16-14-8-7-11-5-3-4-6-13(11)15(14)18-10-19(12)16/h3-6,10,12H,2,7-9H2,1H3/p+1. The molecule has 4 rings (SSSR count). The lowest BCUT2D eigenvalue weighted by molar-refractivity contribution is -0.700. The summed E-state index contributed by atoms with van der Waals surface area (Å²) in [7, 11) is 0. The zero-order chi connectivity index (χ0) is 12.8. The third-order valence-corrected chi connectivity index (χ3v) is 4.43. The number of benzene rings is 1. The molecular weight excluding hydrogens is 234 g/mol. The van der Waals surface area contributed by atoms with Gasteiger partial charge in [-0.05, 0) is 24.8 Å². The first-order valence-electron chi connectivity index (χ1n) is 7.13. The van der Waals surface area contributed by atoms with Gasteiger partial charge in [0.05, 0.1) is 12.1 Å². The second-order valence-corrected chi connectivity index (χ2v) is 5.43. The highest BCUT2D eigenvalue weighted by Gasteiger charge is 2.33. The highest BCUT2D eigenvalue weighted by molar-refractivity contribution is 5.72. The molecule has 96 valence electrons. The molecular formula is C16H18N3+. The molecule has 0 amide bonds. The summed E-state index contributed by atoms with van der Waals surface area (Å²) in [5, 5.41) is 3.58. The molecule has 2 aromatic rings. The van der Waals surface area contributed by atoms with E-state index >= 15 is 0 Å². The fourth-order valence-corrected chi connectivity index (χ4v) is 3.35. The van der Waals surface area contributed by atoms with Gasteiger partial charge in [-0.1, -0.05) is 31.2 Å². The van der Waals surface area contributed by atoms with Gasteiger partial charge >= 0.3 is 0 Å². The monoisotopic (exact) mass is 252 g/mol. The minimum absolute atomic E-state index is 0.560. The van der Waals surface area contributed by atoms with Crippen molar-refractivity contribution < 1.29 is 4.57 Å². The van der Waals surface area contributed by atoms with Crippen molar-refractivity contribution in [2.45, 2.75) is 32.2 Å². The number of hydrogen-bond acceptors (Lipinski definition) is 2. The quantitative estimate of drug-likeness (QED) is 0.790. The lowest BCUT2D eigenvalue weighted by atomic mass is 9.89. The molecule has 0 bridgehead atoms. The molecule has 1 aliphatic carbocycles. The molecule has 1 aliphatic heterocycles. The topological polar surface area (TPSA) is 28.8 Å². The van der Waals surface area contributed by atoms with Gasteiger partial charge in [0, 0.05) is 5.56 Å². The maximum atomic E-state index is 4.75. The number of nitrogens with zero attached hydrogens (tertiary/aromatic N) is 2. The number of hydrogen-bond donors (Lipinski definition) is 1. The van der Waals surface area contributed by atoms with E-state index in [0.29, 0.717) is 6.04 Å². The molecule has 0 saturated carbocycles. The van der Waals surface area contributed by atoms with E-state index in [1.807, 2.05) is 6.33 Å². The van der Waals surface area contributed by atoms with Crippen LogP contribution < -0.4 is 9.88 Å². The Morgan fingerprint density at radius 1 is 1.32 bits per heavy atom. The summed E-state index contributed by atoms with van der Waals surface area (Å²) in [5.74, 6) is 1.30. The number of fused-ring (bicyclic) bond motifs is 5. The number of anilines is 1. The normalized spacial score (nSPS) is 19.3. The smallest absolute Gasteiger partial charge is 0.228 e. The summed E-state index contributed by atoms with van der Waals surface area (Å²) >= 11 is 0. The van der Waals surface area contributed by atoms with Gasteiger partial charge in [0.1, 0.15) is 6.04 Å². The fourth-order valence-electron chi connectivity index (χ4n) is 3.35. The Bertz CT molecular complexity index is 648. The zero-order valence-corrected chi connectivity index (χ0v) is 11.2. The van der Waals surface area contributed by atoms with E-state index < -0.39 is 0 Å². The van der Waals surface area contributed by atoms with Crippen molar-refractivity contribution in [2.24, 2.45) is 0 Å². The molecule has 1 N–H and O–H groups in total. The molecule has 1 atom stereocenters. The predicted octanol–water partition coefficient (Wildman–Crippen LogP) is 2.51. The van der Waals surface area contributed by atoms with Crippen molar-refractivity contribution >= 4 is 5.82 Å². The Balaban J connectivity index is 1.92. The molecule has 1 aromatic heterocycles. The van der Waals surface area contributed by atoms with Gasteiger partial charge in [0.2, 0.25) is 12.1 Å². The van der Waals surface area contributed by atoms with Crippen LogP contribution in [0.3, 0.4) is 0 Å². The molecule has 3 nitrogen and oxygen atoms in total. The number of rotatable bonds is 1. The van der Waals surface area contributed by atoms with E-state index in [9.17, 15) is 0 Å². The largest absolute Gasteiger partial charge is 0.302 e. The third kappa shape index (κ3) is 1.51. The zero-order valence-electron chi connectivity index (χ0n) is 11.2. The predicted molar refractivity (Wildman–Crippen MR) is 75.1 cm³/mol. The third-order valence-electron chi connectivity index (χ3n) is 4.43. The molecule has 1 unspecified atom stereocenters. The van der Waals surface area contributed by atoms with Crippen LogP contribution in [-0.2, 0) is 12.8 Å². The van der Waals surface area contributed by atoms with Crippen LogP contribution in [0.2, 0.25) is 0 Å². The molecule has 3 heteroatoms. The van der Waals surface area contributed by atoms with Gasteiger partial charge in [-0.3, -0.25) is 0 Å². The molecule has 0 saturated heterocycles. The summed E-state index contributed by atoms with van der Waals surface area (Å²) in [4.78, 5) is 4.75. The highest BCUT2D eigenvalue weighted by atomic mass is 15.2. The average Bonchev–Trinajstić information content (AvgIpc) is 2.90. The Labute approximate surface area is 113 Å². The van der Waals surface area contributed by atoms with Crippen molar-refractivity contribution in [3.63, 3.8) is 0 Å². The van der Waals surface area contributed by atoms with Crippen LogP contribution in [0.5, 0.6) is 0 Å². The van der Waals surface area contributed by atoms with Crippen LogP contribution in [0.15, 0.2) is 30.6 Å². The van der Waals surface area contributed by atoms with Gasteiger partial charge in [-0.15, -0.1) is 4.98 Å². The SMILES string of the molecule is CCC1CNc2c3c(nc[n+]21)-c1ccccc1CC3. The first kappa shape index (κ1) is 11.0. The van der Waals surface area contributed by atoms with Crippen LogP contribution in [0, 0.1) is 0 Å². The molecule has 2 heterocycles. The van der Waals surface area contributed by atoms with Crippen molar-refractivity contribution in [3.8, 4) is 11.3 Å². The molecule has 0 spiro atoms. The molecule has 1 aromatic carbocycles. The lowest BCUT2D eigenvalue weighted by Crippen LogP contribution is -2.37. The first-order valence-corrected chi connectivity index (χ1v) is 7.13. The number of nitrogens with one attached hydrogen (secondary N) is 1. The van der Waals surface area contributed by atoms with Gasteiger partial charge in [0.25, 0.3) is 0 Å². The molecule has 2 aliphatic rings. The minimum Gasteiger partial charge on any atom is -0.302 e. The van der Waals surface area contributed by atoms with E-state index in [1.165, 1.54) is 28.2 Å². The minimum atomic E-state index is 0.560. The Morgan fingerprint density at radius 2 is 2.21 bits per heavy atom. The summed E-state index contributed by atoms with van der Waals surface area (Å²) in [5.41, 5.74) is 5.32. The van der Waals surface area contributed by atoms with Gasteiger partial charge in [-0.2, -0.15) is 0 Å².